The molecule has 8 nitrogen and oxygen atoms in total. The Morgan fingerprint density at radius 2 is 1.89 bits per heavy atom. The number of methoxy groups -OCH3 is 1. The van der Waals surface area contributed by atoms with Gasteiger partial charge < -0.3 is 14.8 Å². The van der Waals surface area contributed by atoms with Crippen molar-refractivity contribution in [2.24, 2.45) is 0 Å². The third-order valence-corrected chi connectivity index (χ3v) is 3.80. The molecule has 2 heterocycles. The van der Waals surface area contributed by atoms with E-state index < -0.39 is 0 Å². The second-order valence-electron chi connectivity index (χ2n) is 5.36. The number of carbonyl (C=O) groups excluding carboxylic acids is 1. The Kier molecular flexibility index (Phi) is 6.11. The summed E-state index contributed by atoms with van der Waals surface area (Å²) in [5, 5.41) is 3.19. The van der Waals surface area contributed by atoms with E-state index >= 15 is 0 Å². The fourth-order valence-electron chi connectivity index (χ4n) is 2.14. The van der Waals surface area contributed by atoms with Crippen LogP contribution in [-0.4, -0.2) is 33.0 Å². The number of carbonyl (C=O) groups is 1. The highest BCUT2D eigenvalue weighted by molar-refractivity contribution is 6.32. The first-order valence-corrected chi connectivity index (χ1v) is 8.35. The van der Waals surface area contributed by atoms with Crippen molar-refractivity contribution < 1.29 is 14.3 Å². The predicted molar refractivity (Wildman–Crippen MR) is 97.6 cm³/mol. The van der Waals surface area contributed by atoms with Crippen molar-refractivity contribution >= 4 is 17.5 Å². The van der Waals surface area contributed by atoms with Gasteiger partial charge in [-0.15, -0.1) is 0 Å². The lowest BCUT2D eigenvalue weighted by Crippen LogP contribution is -2.24. The third kappa shape index (κ3) is 5.11. The number of amides is 1. The fraction of sp³-hybridized carbons (Fsp3) is 0.167. The summed E-state index contributed by atoms with van der Waals surface area (Å²) in [6, 6.07) is 7.19. The summed E-state index contributed by atoms with van der Waals surface area (Å²) in [5.74, 6) is 0.786. The molecule has 1 amide bonds. The Morgan fingerprint density at radius 1 is 1.15 bits per heavy atom. The van der Waals surface area contributed by atoms with E-state index in [2.05, 4.69) is 25.3 Å². The average Bonchev–Trinajstić information content (AvgIpc) is 2.72. The van der Waals surface area contributed by atoms with Crippen molar-refractivity contribution in [2.45, 2.75) is 13.2 Å². The largest absolute Gasteiger partial charge is 0.495 e. The zero-order chi connectivity index (χ0) is 19.1. The van der Waals surface area contributed by atoms with Gasteiger partial charge in [-0.3, -0.25) is 4.79 Å². The maximum atomic E-state index is 12.1. The molecule has 9 heteroatoms. The molecule has 0 atom stereocenters. The number of aromatic nitrogens is 4. The number of hydrogen-bond donors (Lipinski definition) is 1. The van der Waals surface area contributed by atoms with E-state index in [0.29, 0.717) is 22.2 Å². The van der Waals surface area contributed by atoms with Crippen LogP contribution >= 0.6 is 11.6 Å². The molecule has 2 aromatic heterocycles. The van der Waals surface area contributed by atoms with Gasteiger partial charge >= 0.3 is 6.01 Å². The van der Waals surface area contributed by atoms with Crippen LogP contribution in [0.3, 0.4) is 0 Å². The zero-order valence-electron chi connectivity index (χ0n) is 14.4. The van der Waals surface area contributed by atoms with Gasteiger partial charge in [0.1, 0.15) is 18.2 Å². The summed E-state index contributed by atoms with van der Waals surface area (Å²) in [4.78, 5) is 28.2. The van der Waals surface area contributed by atoms with Crippen LogP contribution in [0.1, 0.15) is 21.7 Å². The van der Waals surface area contributed by atoms with E-state index in [-0.39, 0.29) is 25.1 Å². The quantitative estimate of drug-likeness (QED) is 0.666. The predicted octanol–water partition coefficient (Wildman–Crippen LogP) is 2.44. The van der Waals surface area contributed by atoms with Gasteiger partial charge in [0.25, 0.3) is 5.91 Å². The Bertz CT molecular complexity index is 907. The van der Waals surface area contributed by atoms with Gasteiger partial charge in [0.05, 0.1) is 24.2 Å². The van der Waals surface area contributed by atoms with Crippen molar-refractivity contribution in [3.8, 4) is 11.8 Å². The molecule has 27 heavy (non-hydrogen) atoms. The molecule has 0 saturated heterocycles. The van der Waals surface area contributed by atoms with Gasteiger partial charge in [0.2, 0.25) is 0 Å². The normalized spacial score (nSPS) is 10.3. The molecule has 3 rings (SSSR count). The summed E-state index contributed by atoms with van der Waals surface area (Å²) in [6.45, 7) is 0.455. The minimum Gasteiger partial charge on any atom is -0.495 e. The number of nitrogens with zero attached hydrogens (tertiary/aromatic N) is 4. The van der Waals surface area contributed by atoms with Crippen molar-refractivity contribution in [2.75, 3.05) is 7.11 Å². The third-order valence-electron chi connectivity index (χ3n) is 3.50. The molecule has 1 N–H and O–H groups in total. The van der Waals surface area contributed by atoms with E-state index in [0.717, 1.165) is 5.56 Å². The highest BCUT2D eigenvalue weighted by Crippen LogP contribution is 2.25. The van der Waals surface area contributed by atoms with Gasteiger partial charge in [-0.25, -0.2) is 19.9 Å². The molecule has 0 aliphatic heterocycles. The second kappa shape index (κ2) is 8.91. The number of benzene rings is 1. The zero-order valence-corrected chi connectivity index (χ0v) is 15.2. The maximum absolute atomic E-state index is 12.1. The number of halogens is 1. The lowest BCUT2D eigenvalue weighted by atomic mass is 10.2. The molecule has 0 aliphatic carbocycles. The molecule has 1 aromatic carbocycles. The van der Waals surface area contributed by atoms with Crippen LogP contribution < -0.4 is 14.8 Å². The monoisotopic (exact) mass is 385 g/mol. The number of rotatable bonds is 7. The highest BCUT2D eigenvalue weighted by atomic mass is 35.5. The number of ether oxygens (including phenoxy) is 2. The Balaban J connectivity index is 1.53. The topological polar surface area (TPSA) is 99.1 Å². The molecule has 0 saturated carbocycles. The summed E-state index contributed by atoms with van der Waals surface area (Å²) in [5.41, 5.74) is 1.15. The summed E-state index contributed by atoms with van der Waals surface area (Å²) in [6.07, 6.45) is 6.01. The number of hydrogen-bond acceptors (Lipinski definition) is 7. The smallest absolute Gasteiger partial charge is 0.316 e. The fourth-order valence-corrected chi connectivity index (χ4v) is 2.42. The Hall–Kier alpha value is -3.26. The van der Waals surface area contributed by atoms with E-state index in [4.69, 9.17) is 21.1 Å². The summed E-state index contributed by atoms with van der Waals surface area (Å²) in [7, 11) is 1.55. The van der Waals surface area contributed by atoms with Crippen LogP contribution in [0.15, 0.2) is 49.1 Å². The van der Waals surface area contributed by atoms with Crippen LogP contribution in [0.5, 0.6) is 11.8 Å². The van der Waals surface area contributed by atoms with Crippen molar-refractivity contribution in [3.05, 3.63) is 71.0 Å². The van der Waals surface area contributed by atoms with Gasteiger partial charge in [-0.1, -0.05) is 17.7 Å². The molecule has 0 unspecified atom stereocenters. The van der Waals surface area contributed by atoms with Crippen LogP contribution in [0.2, 0.25) is 5.02 Å². The Morgan fingerprint density at radius 3 is 2.56 bits per heavy atom. The van der Waals surface area contributed by atoms with Crippen LogP contribution in [0.4, 0.5) is 0 Å². The van der Waals surface area contributed by atoms with E-state index in [1.807, 2.05) is 6.07 Å². The van der Waals surface area contributed by atoms with Gasteiger partial charge in [0.15, 0.2) is 0 Å². The number of nitrogens with one attached hydrogen (secondary N) is 1. The van der Waals surface area contributed by atoms with Crippen LogP contribution in [-0.2, 0) is 13.2 Å². The average molecular weight is 386 g/mol. The van der Waals surface area contributed by atoms with Gasteiger partial charge in [0, 0.05) is 24.8 Å². The molecule has 0 aliphatic rings. The second-order valence-corrected chi connectivity index (χ2v) is 5.77. The van der Waals surface area contributed by atoms with E-state index in [9.17, 15) is 4.79 Å². The van der Waals surface area contributed by atoms with Crippen molar-refractivity contribution in [1.82, 2.24) is 25.3 Å². The molecule has 0 spiro atoms. The molecule has 3 aromatic rings. The first-order valence-electron chi connectivity index (χ1n) is 7.97. The molecule has 0 fully saturated rings. The molecule has 138 valence electrons. The summed E-state index contributed by atoms with van der Waals surface area (Å²) >= 11 is 6.08. The lowest BCUT2D eigenvalue weighted by Gasteiger charge is -2.08. The molecular weight excluding hydrogens is 370 g/mol. The first kappa shape index (κ1) is 18.5. The van der Waals surface area contributed by atoms with Crippen molar-refractivity contribution in [1.29, 1.82) is 0 Å². The Labute approximate surface area is 160 Å². The maximum Gasteiger partial charge on any atom is 0.316 e. The molecule has 0 radical (unpaired) electrons. The van der Waals surface area contributed by atoms with Gasteiger partial charge in [-0.2, -0.15) is 0 Å². The highest BCUT2D eigenvalue weighted by Gasteiger charge is 2.09. The van der Waals surface area contributed by atoms with E-state index in [1.54, 1.807) is 37.7 Å². The molecule has 0 bridgehead atoms. The molecular formula is C18H16ClN5O3. The van der Waals surface area contributed by atoms with E-state index in [1.165, 1.54) is 12.4 Å². The van der Waals surface area contributed by atoms with Crippen molar-refractivity contribution in [3.63, 3.8) is 0 Å². The minimum absolute atomic E-state index is 0.157. The minimum atomic E-state index is -0.323. The lowest BCUT2D eigenvalue weighted by molar-refractivity contribution is 0.0949. The summed E-state index contributed by atoms with van der Waals surface area (Å²) < 4.78 is 10.6. The van der Waals surface area contributed by atoms with Crippen LogP contribution in [0, 0.1) is 0 Å². The SMILES string of the molecule is COc1ccc(COc2ncc(C(=O)NCc3ncccn3)cn2)cc1Cl. The van der Waals surface area contributed by atoms with Crippen LogP contribution in [0.25, 0.3) is 0 Å². The first-order chi connectivity index (χ1) is 13.2. The van der Waals surface area contributed by atoms with Gasteiger partial charge in [-0.05, 0) is 23.8 Å². The standard InChI is InChI=1S/C18H16ClN5O3/c1-26-15-4-3-12(7-14(15)19)11-27-18-23-8-13(9-24-18)17(25)22-10-16-20-5-2-6-21-16/h2-9H,10-11H2,1H3,(H,22,25).